The van der Waals surface area contributed by atoms with Gasteiger partial charge in [-0.1, -0.05) is 53.7 Å². The normalized spacial score (nSPS) is 11.5. The van der Waals surface area contributed by atoms with E-state index >= 15 is 0 Å². The third kappa shape index (κ3) is 6.30. The smallest absolute Gasteiger partial charge is 0.243 e. The molecule has 0 aliphatic heterocycles. The van der Waals surface area contributed by atoms with Gasteiger partial charge in [-0.15, -0.1) is 0 Å². The maximum Gasteiger partial charge on any atom is 0.243 e. The highest BCUT2D eigenvalue weighted by atomic mass is 35.5. The molecule has 0 atom stereocenters. The number of halogens is 1. The molecule has 11 heteroatoms. The average molecular weight is 466 g/mol. The van der Waals surface area contributed by atoms with Crippen LogP contribution in [0.15, 0.2) is 71.0 Å². The lowest BCUT2D eigenvalue weighted by Crippen LogP contribution is -2.40. The minimum absolute atomic E-state index is 0.0754. The predicted molar refractivity (Wildman–Crippen MR) is 116 cm³/mol. The summed E-state index contributed by atoms with van der Waals surface area (Å²) < 4.78 is 27.5. The number of rotatable bonds is 10. The van der Waals surface area contributed by atoms with E-state index in [0.717, 1.165) is 9.87 Å². The lowest BCUT2D eigenvalue weighted by atomic mass is 10.2. The summed E-state index contributed by atoms with van der Waals surface area (Å²) >= 11 is 7.28. The van der Waals surface area contributed by atoms with Gasteiger partial charge < -0.3 is 5.32 Å². The molecule has 1 heterocycles. The molecule has 0 aliphatic carbocycles. The van der Waals surface area contributed by atoms with Crippen LogP contribution in [0.3, 0.4) is 0 Å². The van der Waals surface area contributed by atoms with Crippen LogP contribution in [0.4, 0.5) is 0 Å². The lowest BCUT2D eigenvalue weighted by Gasteiger charge is -2.22. The first-order valence-corrected chi connectivity index (χ1v) is 11.8. The third-order valence-corrected chi connectivity index (χ3v) is 6.97. The number of amides is 1. The third-order valence-electron chi connectivity index (χ3n) is 4.03. The molecule has 0 bridgehead atoms. The molecule has 0 fully saturated rings. The van der Waals surface area contributed by atoms with E-state index in [4.69, 9.17) is 11.6 Å². The fourth-order valence-corrected chi connectivity index (χ4v) is 4.73. The van der Waals surface area contributed by atoms with Gasteiger partial charge in [-0.05, 0) is 29.8 Å². The Hall–Kier alpha value is -2.40. The molecular weight excluding hydrogens is 446 g/mol. The SMILES string of the molecule is O=C(CN(Cc1ccccc1)S(=O)(=O)c1ccc(Cl)cc1)NCCSc1ncn[nH]1. The van der Waals surface area contributed by atoms with E-state index in [1.165, 1.54) is 42.4 Å². The second-order valence-corrected chi connectivity index (χ2v) is 9.66. The van der Waals surface area contributed by atoms with E-state index in [9.17, 15) is 13.2 Å². The van der Waals surface area contributed by atoms with E-state index in [1.807, 2.05) is 30.3 Å². The summed E-state index contributed by atoms with van der Waals surface area (Å²) in [6.07, 6.45) is 1.41. The van der Waals surface area contributed by atoms with Crippen molar-refractivity contribution in [2.75, 3.05) is 18.8 Å². The van der Waals surface area contributed by atoms with E-state index in [-0.39, 0.29) is 23.9 Å². The minimum Gasteiger partial charge on any atom is -0.354 e. The van der Waals surface area contributed by atoms with Crippen molar-refractivity contribution in [3.05, 3.63) is 71.5 Å². The zero-order valence-corrected chi connectivity index (χ0v) is 18.3. The van der Waals surface area contributed by atoms with E-state index in [1.54, 1.807) is 0 Å². The number of aromatic nitrogens is 3. The molecular formula is C19H20ClN5O3S2. The Morgan fingerprint density at radius 2 is 1.87 bits per heavy atom. The molecule has 0 radical (unpaired) electrons. The van der Waals surface area contributed by atoms with Crippen molar-refractivity contribution in [2.24, 2.45) is 0 Å². The van der Waals surface area contributed by atoms with Crippen molar-refractivity contribution in [3.8, 4) is 0 Å². The van der Waals surface area contributed by atoms with Crippen LogP contribution in [0.5, 0.6) is 0 Å². The number of hydrogen-bond donors (Lipinski definition) is 2. The number of nitrogens with one attached hydrogen (secondary N) is 2. The summed E-state index contributed by atoms with van der Waals surface area (Å²) in [6.45, 7) is 0.142. The highest BCUT2D eigenvalue weighted by Gasteiger charge is 2.26. The predicted octanol–water partition coefficient (Wildman–Crippen LogP) is 2.56. The first kappa shape index (κ1) is 22.3. The van der Waals surface area contributed by atoms with Crippen molar-refractivity contribution >= 4 is 39.3 Å². The van der Waals surface area contributed by atoms with Crippen LogP contribution in [-0.4, -0.2) is 52.7 Å². The molecule has 1 aromatic heterocycles. The topological polar surface area (TPSA) is 108 Å². The molecule has 0 aliphatic rings. The molecule has 0 spiro atoms. The van der Waals surface area contributed by atoms with Crippen LogP contribution in [-0.2, 0) is 21.4 Å². The number of sulfonamides is 1. The molecule has 8 nitrogen and oxygen atoms in total. The Kier molecular flexibility index (Phi) is 7.86. The largest absolute Gasteiger partial charge is 0.354 e. The number of hydrogen-bond acceptors (Lipinski definition) is 6. The number of nitrogens with zero attached hydrogens (tertiary/aromatic N) is 3. The summed E-state index contributed by atoms with van der Waals surface area (Å²) in [5, 5.41) is 10.3. The van der Waals surface area contributed by atoms with Gasteiger partial charge >= 0.3 is 0 Å². The Labute approximate surface area is 184 Å². The van der Waals surface area contributed by atoms with Crippen LogP contribution >= 0.6 is 23.4 Å². The molecule has 1 amide bonds. The van der Waals surface area contributed by atoms with Gasteiger partial charge in [-0.3, -0.25) is 9.89 Å². The van der Waals surface area contributed by atoms with E-state index in [2.05, 4.69) is 20.5 Å². The number of benzene rings is 2. The second-order valence-electron chi connectivity index (χ2n) is 6.20. The number of H-pyrrole nitrogens is 1. The van der Waals surface area contributed by atoms with Gasteiger partial charge in [0.15, 0.2) is 5.16 Å². The molecule has 2 N–H and O–H groups in total. The van der Waals surface area contributed by atoms with Crippen molar-refractivity contribution in [1.29, 1.82) is 0 Å². The maximum atomic E-state index is 13.1. The van der Waals surface area contributed by atoms with Crippen LogP contribution in [0.1, 0.15) is 5.56 Å². The summed E-state index contributed by atoms with van der Waals surface area (Å²) in [4.78, 5) is 16.5. The molecule has 2 aromatic carbocycles. The van der Waals surface area contributed by atoms with Gasteiger partial charge in [-0.2, -0.15) is 9.40 Å². The zero-order chi connectivity index (χ0) is 21.4. The monoisotopic (exact) mass is 465 g/mol. The number of thioether (sulfide) groups is 1. The van der Waals surface area contributed by atoms with Crippen molar-refractivity contribution in [3.63, 3.8) is 0 Å². The highest BCUT2D eigenvalue weighted by Crippen LogP contribution is 2.20. The van der Waals surface area contributed by atoms with E-state index in [0.29, 0.717) is 22.5 Å². The fraction of sp³-hybridized carbons (Fsp3) is 0.211. The number of carbonyl (C=O) groups is 1. The molecule has 0 saturated carbocycles. The molecule has 0 saturated heterocycles. The highest BCUT2D eigenvalue weighted by molar-refractivity contribution is 7.99. The molecule has 30 heavy (non-hydrogen) atoms. The van der Waals surface area contributed by atoms with Crippen LogP contribution < -0.4 is 5.32 Å². The van der Waals surface area contributed by atoms with Crippen molar-refractivity contribution in [1.82, 2.24) is 24.8 Å². The van der Waals surface area contributed by atoms with Gasteiger partial charge in [0.2, 0.25) is 15.9 Å². The standard InChI is InChI=1S/C19H20ClN5O3S2/c20-16-6-8-17(9-7-16)30(27,28)25(12-15-4-2-1-3-5-15)13-18(26)21-10-11-29-19-22-14-23-24-19/h1-9,14H,10-13H2,(H,21,26)(H,22,23,24). The number of aromatic amines is 1. The average Bonchev–Trinajstić information content (AvgIpc) is 3.25. The number of carbonyl (C=O) groups excluding carboxylic acids is 1. The maximum absolute atomic E-state index is 13.1. The van der Waals surface area contributed by atoms with Gasteiger partial charge in [0.25, 0.3) is 0 Å². The molecule has 3 rings (SSSR count). The first-order valence-electron chi connectivity index (χ1n) is 8.99. The summed E-state index contributed by atoms with van der Waals surface area (Å²) in [5.41, 5.74) is 0.781. The van der Waals surface area contributed by atoms with Crippen molar-refractivity contribution in [2.45, 2.75) is 16.6 Å². The second kappa shape index (κ2) is 10.6. The summed E-state index contributed by atoms with van der Waals surface area (Å²) in [6, 6.07) is 15.0. The minimum atomic E-state index is -3.89. The van der Waals surface area contributed by atoms with Crippen LogP contribution in [0.2, 0.25) is 5.02 Å². The Morgan fingerprint density at radius 1 is 1.13 bits per heavy atom. The zero-order valence-electron chi connectivity index (χ0n) is 15.9. The summed E-state index contributed by atoms with van der Waals surface area (Å²) in [5.74, 6) is 0.186. The van der Waals surface area contributed by atoms with E-state index < -0.39 is 10.0 Å². The van der Waals surface area contributed by atoms with Gasteiger partial charge in [-0.25, -0.2) is 13.4 Å². The van der Waals surface area contributed by atoms with Crippen LogP contribution in [0.25, 0.3) is 0 Å². The lowest BCUT2D eigenvalue weighted by molar-refractivity contribution is -0.121. The Balaban J connectivity index is 1.67. The van der Waals surface area contributed by atoms with Gasteiger partial charge in [0.05, 0.1) is 11.4 Å². The van der Waals surface area contributed by atoms with Crippen LogP contribution in [0, 0.1) is 0 Å². The molecule has 3 aromatic rings. The first-order chi connectivity index (χ1) is 14.4. The van der Waals surface area contributed by atoms with Crippen molar-refractivity contribution < 1.29 is 13.2 Å². The molecule has 0 unspecified atom stereocenters. The Bertz CT molecular complexity index is 1050. The van der Waals surface area contributed by atoms with Gasteiger partial charge in [0.1, 0.15) is 6.33 Å². The fourth-order valence-electron chi connectivity index (χ4n) is 2.59. The summed E-state index contributed by atoms with van der Waals surface area (Å²) in [7, 11) is -3.89. The molecule has 158 valence electrons. The van der Waals surface area contributed by atoms with Gasteiger partial charge in [0, 0.05) is 23.9 Å². The Morgan fingerprint density at radius 3 is 2.53 bits per heavy atom. The quantitative estimate of drug-likeness (QED) is 0.352.